The molecule has 8 nitrogen and oxygen atoms in total. The third-order valence-electron chi connectivity index (χ3n) is 5.74. The quantitative estimate of drug-likeness (QED) is 0.439. The predicted molar refractivity (Wildman–Crippen MR) is 130 cm³/mol. The number of carbonyl (C=O) groups excluding carboxylic acids is 2. The monoisotopic (exact) mass is 487 g/mol. The molecular weight excluding hydrogens is 454 g/mol. The van der Waals surface area contributed by atoms with Crippen LogP contribution in [0.1, 0.15) is 35.1 Å². The van der Waals surface area contributed by atoms with E-state index in [9.17, 15) is 18.0 Å². The van der Waals surface area contributed by atoms with E-state index in [4.69, 9.17) is 4.74 Å². The Balaban J connectivity index is 1.56. The van der Waals surface area contributed by atoms with Crippen LogP contribution in [0, 0.1) is 20.8 Å². The van der Waals surface area contributed by atoms with Crippen LogP contribution in [0.5, 0.6) is 0 Å². The lowest BCUT2D eigenvalue weighted by Crippen LogP contribution is -2.53. The number of rotatable bonds is 8. The van der Waals surface area contributed by atoms with Crippen molar-refractivity contribution in [3.63, 3.8) is 0 Å². The molecular formula is C25H33N3O5S. The first-order valence-electron chi connectivity index (χ1n) is 11.5. The zero-order valence-corrected chi connectivity index (χ0v) is 20.8. The van der Waals surface area contributed by atoms with E-state index in [2.05, 4.69) is 10.6 Å². The Morgan fingerprint density at radius 2 is 1.68 bits per heavy atom. The van der Waals surface area contributed by atoms with E-state index in [-0.39, 0.29) is 18.0 Å². The molecule has 34 heavy (non-hydrogen) atoms. The molecule has 2 amide bonds. The second-order valence-electron chi connectivity index (χ2n) is 8.58. The van der Waals surface area contributed by atoms with Gasteiger partial charge < -0.3 is 15.4 Å². The smallest absolute Gasteiger partial charge is 0.309 e. The van der Waals surface area contributed by atoms with Gasteiger partial charge in [0, 0.05) is 13.1 Å². The van der Waals surface area contributed by atoms with E-state index in [1.165, 1.54) is 4.31 Å². The maximum Gasteiger partial charge on any atom is 0.309 e. The van der Waals surface area contributed by atoms with Crippen molar-refractivity contribution in [3.05, 3.63) is 64.7 Å². The minimum Gasteiger partial charge on any atom is -0.360 e. The van der Waals surface area contributed by atoms with E-state index in [1.807, 2.05) is 49.4 Å². The van der Waals surface area contributed by atoms with Gasteiger partial charge in [0.1, 0.15) is 6.23 Å². The number of hydrogen-bond donors (Lipinski definition) is 2. The molecule has 0 bridgehead atoms. The van der Waals surface area contributed by atoms with E-state index >= 15 is 0 Å². The Labute approximate surface area is 201 Å². The van der Waals surface area contributed by atoms with Gasteiger partial charge in [-0.15, -0.1) is 0 Å². The van der Waals surface area contributed by atoms with Crippen LogP contribution in [0.25, 0.3) is 0 Å². The van der Waals surface area contributed by atoms with Crippen molar-refractivity contribution < 1.29 is 22.7 Å². The highest BCUT2D eigenvalue weighted by atomic mass is 32.2. The highest BCUT2D eigenvalue weighted by molar-refractivity contribution is 7.89. The summed E-state index contributed by atoms with van der Waals surface area (Å²) in [6, 6.07) is 13.6. The minimum atomic E-state index is -3.84. The summed E-state index contributed by atoms with van der Waals surface area (Å²) >= 11 is 0. The van der Waals surface area contributed by atoms with E-state index < -0.39 is 28.1 Å². The lowest BCUT2D eigenvalue weighted by molar-refractivity contribution is -0.140. The number of amides is 2. The summed E-state index contributed by atoms with van der Waals surface area (Å²) in [5.74, 6) is -1.56. The fourth-order valence-electron chi connectivity index (χ4n) is 4.27. The molecule has 2 aromatic carbocycles. The van der Waals surface area contributed by atoms with Gasteiger partial charge in [-0.1, -0.05) is 48.0 Å². The number of aryl methyl sites for hydroxylation is 4. The van der Waals surface area contributed by atoms with Gasteiger partial charge in [0.05, 0.1) is 18.0 Å². The molecule has 1 unspecified atom stereocenters. The Bertz CT molecular complexity index is 1100. The normalized spacial score (nSPS) is 16.7. The molecule has 2 N–H and O–H groups in total. The van der Waals surface area contributed by atoms with Crippen LogP contribution in [0.4, 0.5) is 0 Å². The summed E-state index contributed by atoms with van der Waals surface area (Å²) in [4.78, 5) is 24.7. The summed E-state index contributed by atoms with van der Waals surface area (Å²) < 4.78 is 33.9. The summed E-state index contributed by atoms with van der Waals surface area (Å²) in [7, 11) is -3.84. The molecule has 9 heteroatoms. The average molecular weight is 488 g/mol. The SMILES string of the molecule is Cc1cc(C)c(S(=O)(=O)N2CCCOC2CNC(=O)C(=O)NCCCc2ccccc2)c(C)c1. The van der Waals surface area contributed by atoms with Crippen LogP contribution in [-0.2, 0) is 30.8 Å². The van der Waals surface area contributed by atoms with Crippen molar-refractivity contribution in [2.24, 2.45) is 0 Å². The van der Waals surface area contributed by atoms with Crippen molar-refractivity contribution in [1.29, 1.82) is 0 Å². The fraction of sp³-hybridized carbons (Fsp3) is 0.440. The fourth-order valence-corrected chi connectivity index (χ4v) is 6.25. The number of ether oxygens (including phenoxy) is 1. The van der Waals surface area contributed by atoms with E-state index in [1.54, 1.807) is 13.8 Å². The topological polar surface area (TPSA) is 105 Å². The van der Waals surface area contributed by atoms with Gasteiger partial charge in [0.2, 0.25) is 10.0 Å². The van der Waals surface area contributed by atoms with Gasteiger partial charge in [0.15, 0.2) is 0 Å². The van der Waals surface area contributed by atoms with Crippen molar-refractivity contribution in [2.75, 3.05) is 26.2 Å². The van der Waals surface area contributed by atoms with Crippen molar-refractivity contribution in [3.8, 4) is 0 Å². The van der Waals surface area contributed by atoms with Gasteiger partial charge in [0.25, 0.3) is 0 Å². The zero-order chi connectivity index (χ0) is 24.7. The lowest BCUT2D eigenvalue weighted by Gasteiger charge is -2.35. The van der Waals surface area contributed by atoms with Gasteiger partial charge in [-0.2, -0.15) is 4.31 Å². The van der Waals surface area contributed by atoms with E-state index in [0.717, 1.165) is 17.5 Å². The van der Waals surface area contributed by atoms with Gasteiger partial charge in [-0.05, 0) is 56.7 Å². The molecule has 2 aromatic rings. The summed E-state index contributed by atoms with van der Waals surface area (Å²) in [6.07, 6.45) is 1.17. The highest BCUT2D eigenvalue weighted by Crippen LogP contribution is 2.28. The molecule has 3 rings (SSSR count). The molecule has 1 saturated heterocycles. The standard InChI is InChI=1S/C25H33N3O5S/c1-18-15-19(2)23(20(3)16-18)34(31,32)28-13-8-14-33-22(28)17-27-25(30)24(29)26-12-7-11-21-9-5-4-6-10-21/h4-6,9-10,15-16,22H,7-8,11-14,17H2,1-3H3,(H,26,29)(H,27,30). The molecule has 1 fully saturated rings. The average Bonchev–Trinajstić information content (AvgIpc) is 2.80. The Kier molecular flexibility index (Phi) is 8.82. The number of nitrogens with one attached hydrogen (secondary N) is 2. The number of carbonyl (C=O) groups is 2. The first kappa shape index (κ1) is 25.9. The summed E-state index contributed by atoms with van der Waals surface area (Å²) in [6.45, 7) is 6.39. The van der Waals surface area contributed by atoms with Gasteiger partial charge in [-0.25, -0.2) is 8.42 Å². The van der Waals surface area contributed by atoms with Crippen LogP contribution in [0.3, 0.4) is 0 Å². The van der Waals surface area contributed by atoms with Crippen molar-refractivity contribution in [2.45, 2.75) is 51.2 Å². The molecule has 0 saturated carbocycles. The molecule has 0 aromatic heterocycles. The van der Waals surface area contributed by atoms with E-state index in [0.29, 0.717) is 37.1 Å². The van der Waals surface area contributed by atoms with Crippen LogP contribution < -0.4 is 10.6 Å². The lowest BCUT2D eigenvalue weighted by atomic mass is 10.1. The predicted octanol–water partition coefficient (Wildman–Crippen LogP) is 2.21. The third kappa shape index (κ3) is 6.43. The first-order valence-corrected chi connectivity index (χ1v) is 13.0. The highest BCUT2D eigenvalue weighted by Gasteiger charge is 2.36. The van der Waals surface area contributed by atoms with Crippen LogP contribution in [-0.4, -0.2) is 57.0 Å². The first-order chi connectivity index (χ1) is 16.2. The zero-order valence-electron chi connectivity index (χ0n) is 20.0. The van der Waals surface area contributed by atoms with Gasteiger partial charge in [-0.3, -0.25) is 9.59 Å². The van der Waals surface area contributed by atoms with Crippen LogP contribution in [0.15, 0.2) is 47.4 Å². The summed E-state index contributed by atoms with van der Waals surface area (Å²) in [5.41, 5.74) is 3.49. The minimum absolute atomic E-state index is 0.112. The molecule has 184 valence electrons. The molecule has 1 aliphatic rings. The van der Waals surface area contributed by atoms with Crippen LogP contribution in [0.2, 0.25) is 0 Å². The Morgan fingerprint density at radius 3 is 2.35 bits per heavy atom. The maximum atomic E-state index is 13.5. The number of benzene rings is 2. The van der Waals surface area contributed by atoms with Gasteiger partial charge >= 0.3 is 11.8 Å². The second-order valence-corrected chi connectivity index (χ2v) is 10.4. The molecule has 0 spiro atoms. The Morgan fingerprint density at radius 1 is 1.03 bits per heavy atom. The number of sulfonamides is 1. The largest absolute Gasteiger partial charge is 0.360 e. The molecule has 1 heterocycles. The number of nitrogens with zero attached hydrogens (tertiary/aromatic N) is 1. The molecule has 0 aliphatic carbocycles. The maximum absolute atomic E-state index is 13.5. The molecule has 1 aliphatic heterocycles. The van der Waals surface area contributed by atoms with Crippen LogP contribution >= 0.6 is 0 Å². The molecule has 1 atom stereocenters. The molecule has 0 radical (unpaired) electrons. The second kappa shape index (κ2) is 11.6. The number of hydrogen-bond acceptors (Lipinski definition) is 5. The Hall–Kier alpha value is -2.75. The summed E-state index contributed by atoms with van der Waals surface area (Å²) in [5, 5.41) is 5.12. The van der Waals surface area contributed by atoms with Crippen molar-refractivity contribution >= 4 is 21.8 Å². The van der Waals surface area contributed by atoms with Crippen molar-refractivity contribution in [1.82, 2.24) is 14.9 Å². The third-order valence-corrected chi connectivity index (χ3v) is 7.93.